The number of ether oxygens (including phenoxy) is 1. The topological polar surface area (TPSA) is 86.0 Å². The van der Waals surface area contributed by atoms with E-state index in [9.17, 15) is 4.79 Å². The van der Waals surface area contributed by atoms with Gasteiger partial charge in [0.25, 0.3) is 5.56 Å². The van der Waals surface area contributed by atoms with Crippen LogP contribution in [0.3, 0.4) is 0 Å². The maximum absolute atomic E-state index is 12.0. The number of nitrogens with zero attached hydrogens (tertiary/aromatic N) is 2. The van der Waals surface area contributed by atoms with Gasteiger partial charge in [-0.15, -0.1) is 0 Å². The first kappa shape index (κ1) is 15.7. The molecular formula is C18H21N5O2. The molecule has 1 aliphatic rings. The molecule has 1 aromatic carbocycles. The summed E-state index contributed by atoms with van der Waals surface area (Å²) < 4.78 is 5.79. The third-order valence-electron chi connectivity index (χ3n) is 4.42. The summed E-state index contributed by atoms with van der Waals surface area (Å²) in [6.07, 6.45) is 4.29. The zero-order valence-corrected chi connectivity index (χ0v) is 13.9. The van der Waals surface area contributed by atoms with Gasteiger partial charge in [0.2, 0.25) is 5.95 Å². The fourth-order valence-electron chi connectivity index (χ4n) is 3.08. The fraction of sp³-hybridized carbons (Fsp3) is 0.333. The smallest absolute Gasteiger partial charge is 0.261 e. The van der Waals surface area contributed by atoms with E-state index in [1.54, 1.807) is 12.3 Å². The van der Waals surface area contributed by atoms with Crippen LogP contribution < -0.4 is 15.6 Å². The molecule has 1 fully saturated rings. The van der Waals surface area contributed by atoms with E-state index in [-0.39, 0.29) is 5.56 Å². The van der Waals surface area contributed by atoms with Gasteiger partial charge < -0.3 is 15.0 Å². The second-order valence-corrected chi connectivity index (χ2v) is 6.20. The number of nitrogens with one attached hydrogen (secondary N) is 3. The molecule has 0 amide bonds. The van der Waals surface area contributed by atoms with Gasteiger partial charge in [0, 0.05) is 18.4 Å². The number of hydrogen-bond donors (Lipinski definition) is 3. The van der Waals surface area contributed by atoms with Gasteiger partial charge in [-0.3, -0.25) is 14.7 Å². The zero-order chi connectivity index (χ0) is 17.1. The van der Waals surface area contributed by atoms with Gasteiger partial charge in [0.1, 0.15) is 18.0 Å². The van der Waals surface area contributed by atoms with Crippen molar-refractivity contribution in [1.29, 1.82) is 0 Å². The Kier molecular flexibility index (Phi) is 4.39. The van der Waals surface area contributed by atoms with Crippen LogP contribution in [-0.4, -0.2) is 46.1 Å². The molecule has 3 heterocycles. The molecule has 0 aliphatic carbocycles. The number of rotatable bonds is 6. The third-order valence-corrected chi connectivity index (χ3v) is 4.42. The molecule has 2 aromatic heterocycles. The Bertz CT molecular complexity index is 894. The Balaban J connectivity index is 1.36. The first-order chi connectivity index (χ1) is 12.3. The SMILES string of the molecule is O=c1[nH]c(Nc2ccc(OCCN3CCCC3)cc2)nc2[nH]ccc12. The van der Waals surface area contributed by atoms with E-state index < -0.39 is 0 Å². The number of likely N-dealkylation sites (tertiary alicyclic amines) is 1. The van der Waals surface area contributed by atoms with Crippen LogP contribution in [-0.2, 0) is 0 Å². The minimum atomic E-state index is -0.171. The van der Waals surface area contributed by atoms with Crippen molar-refractivity contribution >= 4 is 22.7 Å². The minimum Gasteiger partial charge on any atom is -0.492 e. The second kappa shape index (κ2) is 6.98. The highest BCUT2D eigenvalue weighted by atomic mass is 16.5. The molecule has 0 bridgehead atoms. The Morgan fingerprint density at radius 3 is 2.76 bits per heavy atom. The highest BCUT2D eigenvalue weighted by Crippen LogP contribution is 2.18. The van der Waals surface area contributed by atoms with Crippen molar-refractivity contribution in [3.05, 3.63) is 46.9 Å². The molecule has 0 saturated carbocycles. The molecule has 0 spiro atoms. The first-order valence-corrected chi connectivity index (χ1v) is 8.57. The van der Waals surface area contributed by atoms with Crippen LogP contribution in [0.5, 0.6) is 5.75 Å². The van der Waals surface area contributed by atoms with Crippen LogP contribution in [0.4, 0.5) is 11.6 Å². The van der Waals surface area contributed by atoms with E-state index in [2.05, 4.69) is 25.2 Å². The zero-order valence-electron chi connectivity index (χ0n) is 13.9. The molecule has 3 N–H and O–H groups in total. The molecular weight excluding hydrogens is 318 g/mol. The van der Waals surface area contributed by atoms with Crippen molar-refractivity contribution in [2.24, 2.45) is 0 Å². The number of anilines is 2. The highest BCUT2D eigenvalue weighted by molar-refractivity contribution is 5.75. The minimum absolute atomic E-state index is 0.171. The predicted octanol–water partition coefficient (Wildman–Crippen LogP) is 2.47. The lowest BCUT2D eigenvalue weighted by atomic mass is 10.3. The summed E-state index contributed by atoms with van der Waals surface area (Å²) in [5.41, 5.74) is 1.23. The summed E-state index contributed by atoms with van der Waals surface area (Å²) in [7, 11) is 0. The van der Waals surface area contributed by atoms with Crippen molar-refractivity contribution in [1.82, 2.24) is 19.9 Å². The van der Waals surface area contributed by atoms with E-state index in [0.29, 0.717) is 23.6 Å². The van der Waals surface area contributed by atoms with E-state index in [1.165, 1.54) is 25.9 Å². The number of fused-ring (bicyclic) bond motifs is 1. The summed E-state index contributed by atoms with van der Waals surface area (Å²) in [5.74, 6) is 1.24. The van der Waals surface area contributed by atoms with E-state index in [0.717, 1.165) is 18.0 Å². The monoisotopic (exact) mass is 339 g/mol. The third kappa shape index (κ3) is 3.66. The summed E-state index contributed by atoms with van der Waals surface area (Å²) in [6.45, 7) is 4.04. The number of hydrogen-bond acceptors (Lipinski definition) is 5. The molecule has 1 aliphatic heterocycles. The van der Waals surface area contributed by atoms with E-state index >= 15 is 0 Å². The van der Waals surface area contributed by atoms with Gasteiger partial charge in [0.15, 0.2) is 0 Å². The van der Waals surface area contributed by atoms with Crippen molar-refractivity contribution in [2.75, 3.05) is 31.6 Å². The lowest BCUT2D eigenvalue weighted by Crippen LogP contribution is -2.25. The molecule has 7 heteroatoms. The number of H-pyrrole nitrogens is 2. The Morgan fingerprint density at radius 2 is 1.96 bits per heavy atom. The average Bonchev–Trinajstić information content (AvgIpc) is 3.28. The summed E-state index contributed by atoms with van der Waals surface area (Å²) in [6, 6.07) is 9.35. The van der Waals surface area contributed by atoms with Gasteiger partial charge >= 0.3 is 0 Å². The summed E-state index contributed by atoms with van der Waals surface area (Å²) in [5, 5.41) is 3.65. The normalized spacial score (nSPS) is 14.9. The lowest BCUT2D eigenvalue weighted by Gasteiger charge is -2.15. The molecule has 1 saturated heterocycles. The van der Waals surface area contributed by atoms with Gasteiger partial charge in [-0.1, -0.05) is 0 Å². The predicted molar refractivity (Wildman–Crippen MR) is 97.6 cm³/mol. The van der Waals surface area contributed by atoms with Crippen molar-refractivity contribution in [3.63, 3.8) is 0 Å². The molecule has 25 heavy (non-hydrogen) atoms. The Labute approximate surface area is 145 Å². The summed E-state index contributed by atoms with van der Waals surface area (Å²) >= 11 is 0. The fourth-order valence-corrected chi connectivity index (χ4v) is 3.08. The number of aromatic nitrogens is 3. The van der Waals surface area contributed by atoms with Crippen molar-refractivity contribution in [3.8, 4) is 5.75 Å². The first-order valence-electron chi connectivity index (χ1n) is 8.57. The van der Waals surface area contributed by atoms with Crippen molar-refractivity contribution in [2.45, 2.75) is 12.8 Å². The molecule has 0 radical (unpaired) electrons. The van der Waals surface area contributed by atoms with Gasteiger partial charge in [-0.25, -0.2) is 0 Å². The van der Waals surface area contributed by atoms with Crippen LogP contribution in [0, 0.1) is 0 Å². The van der Waals surface area contributed by atoms with Crippen molar-refractivity contribution < 1.29 is 4.74 Å². The van der Waals surface area contributed by atoms with E-state index in [4.69, 9.17) is 4.74 Å². The van der Waals surface area contributed by atoms with Crippen LogP contribution >= 0.6 is 0 Å². The second-order valence-electron chi connectivity index (χ2n) is 6.20. The molecule has 3 aromatic rings. The van der Waals surface area contributed by atoms with Crippen LogP contribution in [0.15, 0.2) is 41.3 Å². The quantitative estimate of drug-likeness (QED) is 0.642. The van der Waals surface area contributed by atoms with Crippen LogP contribution in [0.1, 0.15) is 12.8 Å². The molecule has 4 rings (SSSR count). The maximum Gasteiger partial charge on any atom is 0.261 e. The summed E-state index contributed by atoms with van der Waals surface area (Å²) in [4.78, 5) is 24.4. The maximum atomic E-state index is 12.0. The van der Waals surface area contributed by atoms with Crippen LogP contribution in [0.25, 0.3) is 11.0 Å². The Morgan fingerprint density at radius 1 is 1.16 bits per heavy atom. The molecule has 0 unspecified atom stereocenters. The Hall–Kier alpha value is -2.80. The van der Waals surface area contributed by atoms with E-state index in [1.807, 2.05) is 24.3 Å². The standard InChI is InChI=1S/C18H21N5O2/c24-17-15-7-8-19-16(15)21-18(22-17)20-13-3-5-14(6-4-13)25-12-11-23-9-1-2-10-23/h3-8H,1-2,9-12H2,(H3,19,20,21,22,24). The number of aromatic amines is 2. The molecule has 0 atom stereocenters. The highest BCUT2D eigenvalue weighted by Gasteiger charge is 2.10. The average molecular weight is 339 g/mol. The van der Waals surface area contributed by atoms with Crippen LogP contribution in [0.2, 0.25) is 0 Å². The largest absolute Gasteiger partial charge is 0.492 e. The number of benzene rings is 1. The van der Waals surface area contributed by atoms with Gasteiger partial charge in [0.05, 0.1) is 5.39 Å². The molecule has 7 nitrogen and oxygen atoms in total. The lowest BCUT2D eigenvalue weighted by molar-refractivity contribution is 0.238. The van der Waals surface area contributed by atoms with Gasteiger partial charge in [-0.05, 0) is 56.3 Å². The van der Waals surface area contributed by atoms with Gasteiger partial charge in [-0.2, -0.15) is 4.98 Å². The molecule has 130 valence electrons.